The number of amidine groups is 1. The van der Waals surface area contributed by atoms with Crippen molar-refractivity contribution in [3.8, 4) is 0 Å². The molecule has 0 unspecified atom stereocenters. The third-order valence-electron chi connectivity index (χ3n) is 3.03. The maximum absolute atomic E-state index is 8.90. The monoisotopic (exact) mass is 291 g/mol. The van der Waals surface area contributed by atoms with Gasteiger partial charge in [-0.25, -0.2) is 9.67 Å². The standard InChI is InChI=1S/C11H13N7OS/c1-6-4-5-13-10(8(6)9(12)15-19)20-11-14-16-17-18(11)7-2-3-7/h4-5,7,19H,2-3H2,1H3,(H2,12,15). The fraction of sp³-hybridized carbons (Fsp3) is 0.364. The van der Waals surface area contributed by atoms with Gasteiger partial charge < -0.3 is 10.9 Å². The minimum absolute atomic E-state index is 0.0311. The third-order valence-corrected chi connectivity index (χ3v) is 3.99. The van der Waals surface area contributed by atoms with E-state index in [1.807, 2.05) is 6.92 Å². The Morgan fingerprint density at radius 1 is 1.55 bits per heavy atom. The molecule has 2 aromatic rings. The van der Waals surface area contributed by atoms with E-state index in [1.165, 1.54) is 11.8 Å². The van der Waals surface area contributed by atoms with E-state index in [0.29, 0.717) is 21.8 Å². The molecule has 0 amide bonds. The van der Waals surface area contributed by atoms with Gasteiger partial charge in [0.2, 0.25) is 5.16 Å². The van der Waals surface area contributed by atoms with Crippen LogP contribution in [-0.2, 0) is 0 Å². The summed E-state index contributed by atoms with van der Waals surface area (Å²) in [7, 11) is 0. The zero-order valence-electron chi connectivity index (χ0n) is 10.8. The maximum atomic E-state index is 8.90. The van der Waals surface area contributed by atoms with Crippen LogP contribution in [0, 0.1) is 6.92 Å². The molecule has 0 aromatic carbocycles. The largest absolute Gasteiger partial charge is 0.409 e. The van der Waals surface area contributed by atoms with Crippen LogP contribution < -0.4 is 5.73 Å². The Morgan fingerprint density at radius 3 is 3.05 bits per heavy atom. The van der Waals surface area contributed by atoms with Crippen molar-refractivity contribution in [2.24, 2.45) is 10.9 Å². The van der Waals surface area contributed by atoms with E-state index in [0.717, 1.165) is 18.4 Å². The van der Waals surface area contributed by atoms with Crippen molar-refractivity contribution < 1.29 is 5.21 Å². The highest BCUT2D eigenvalue weighted by Crippen LogP contribution is 2.38. The number of hydrogen-bond acceptors (Lipinski definition) is 7. The maximum Gasteiger partial charge on any atom is 0.215 e. The lowest BCUT2D eigenvalue weighted by Crippen LogP contribution is -2.16. The topological polar surface area (TPSA) is 115 Å². The Bertz CT molecular complexity index is 665. The predicted octanol–water partition coefficient (Wildman–Crippen LogP) is 0.957. The van der Waals surface area contributed by atoms with E-state index in [-0.39, 0.29) is 5.84 Å². The molecule has 8 nitrogen and oxygen atoms in total. The molecule has 0 saturated heterocycles. The van der Waals surface area contributed by atoms with Crippen molar-refractivity contribution in [1.29, 1.82) is 0 Å². The summed E-state index contributed by atoms with van der Waals surface area (Å²) >= 11 is 1.32. The Labute approximate surface area is 119 Å². The minimum atomic E-state index is 0.0311. The van der Waals surface area contributed by atoms with Crippen LogP contribution in [0.1, 0.15) is 30.0 Å². The van der Waals surface area contributed by atoms with E-state index in [1.54, 1.807) is 16.9 Å². The van der Waals surface area contributed by atoms with Crippen LogP contribution in [0.15, 0.2) is 27.6 Å². The Morgan fingerprint density at radius 2 is 2.35 bits per heavy atom. The first-order valence-electron chi connectivity index (χ1n) is 6.10. The molecule has 3 rings (SSSR count). The molecule has 9 heteroatoms. The summed E-state index contributed by atoms with van der Waals surface area (Å²) in [5, 5.41) is 24.9. The van der Waals surface area contributed by atoms with Crippen LogP contribution in [0.5, 0.6) is 0 Å². The van der Waals surface area contributed by atoms with Crippen molar-refractivity contribution in [3.05, 3.63) is 23.4 Å². The van der Waals surface area contributed by atoms with Gasteiger partial charge in [0, 0.05) is 6.20 Å². The number of oxime groups is 1. The second-order valence-corrected chi connectivity index (χ2v) is 5.49. The molecule has 3 N–H and O–H groups in total. The van der Waals surface area contributed by atoms with Crippen molar-refractivity contribution >= 4 is 17.6 Å². The molecule has 2 heterocycles. The molecule has 0 atom stereocenters. The lowest BCUT2D eigenvalue weighted by atomic mass is 10.1. The molecule has 20 heavy (non-hydrogen) atoms. The molecule has 0 radical (unpaired) electrons. The highest BCUT2D eigenvalue weighted by atomic mass is 32.2. The van der Waals surface area contributed by atoms with Crippen molar-refractivity contribution in [1.82, 2.24) is 25.2 Å². The number of tetrazole rings is 1. The summed E-state index contributed by atoms with van der Waals surface area (Å²) in [5.74, 6) is 0.0311. The summed E-state index contributed by atoms with van der Waals surface area (Å²) in [6, 6.07) is 2.19. The summed E-state index contributed by atoms with van der Waals surface area (Å²) < 4.78 is 1.80. The quantitative estimate of drug-likeness (QED) is 0.373. The average Bonchev–Trinajstić information content (AvgIpc) is 3.19. The molecule has 0 aliphatic heterocycles. The Balaban J connectivity index is 1.98. The summed E-state index contributed by atoms with van der Waals surface area (Å²) in [6.07, 6.45) is 3.86. The number of aryl methyl sites for hydroxylation is 1. The third kappa shape index (κ3) is 2.31. The first kappa shape index (κ1) is 12.9. The van der Waals surface area contributed by atoms with Gasteiger partial charge in [0.25, 0.3) is 0 Å². The van der Waals surface area contributed by atoms with Gasteiger partial charge in [0.05, 0.1) is 11.6 Å². The van der Waals surface area contributed by atoms with Gasteiger partial charge in [-0.1, -0.05) is 5.16 Å². The Kier molecular flexibility index (Phi) is 3.26. The van der Waals surface area contributed by atoms with E-state index < -0.39 is 0 Å². The molecular formula is C11H13N7OS. The van der Waals surface area contributed by atoms with Crippen LogP contribution in [0.2, 0.25) is 0 Å². The molecule has 1 saturated carbocycles. The van der Waals surface area contributed by atoms with Crippen molar-refractivity contribution in [3.63, 3.8) is 0 Å². The SMILES string of the molecule is Cc1ccnc(Sc2nnnn2C2CC2)c1/C(N)=N/O. The van der Waals surface area contributed by atoms with Gasteiger partial charge in [-0.2, -0.15) is 0 Å². The van der Waals surface area contributed by atoms with Gasteiger partial charge in [0.1, 0.15) is 5.03 Å². The van der Waals surface area contributed by atoms with Gasteiger partial charge in [-0.05, 0) is 53.6 Å². The van der Waals surface area contributed by atoms with Gasteiger partial charge >= 0.3 is 0 Å². The average molecular weight is 291 g/mol. The molecule has 1 aliphatic rings. The van der Waals surface area contributed by atoms with Crippen LogP contribution in [0.3, 0.4) is 0 Å². The zero-order chi connectivity index (χ0) is 14.1. The highest BCUT2D eigenvalue weighted by Gasteiger charge is 2.28. The molecule has 2 aromatic heterocycles. The molecule has 1 fully saturated rings. The smallest absolute Gasteiger partial charge is 0.215 e. The summed E-state index contributed by atoms with van der Waals surface area (Å²) in [4.78, 5) is 4.29. The summed E-state index contributed by atoms with van der Waals surface area (Å²) in [5.41, 5.74) is 7.20. The van der Waals surface area contributed by atoms with E-state index >= 15 is 0 Å². The van der Waals surface area contributed by atoms with Crippen LogP contribution in [0.4, 0.5) is 0 Å². The molecule has 0 spiro atoms. The fourth-order valence-electron chi connectivity index (χ4n) is 1.86. The normalized spacial score (nSPS) is 15.6. The van der Waals surface area contributed by atoms with Gasteiger partial charge in [0.15, 0.2) is 5.84 Å². The second kappa shape index (κ2) is 5.08. The second-order valence-electron chi connectivity index (χ2n) is 4.53. The number of rotatable bonds is 4. The van der Waals surface area contributed by atoms with Gasteiger partial charge in [-0.15, -0.1) is 5.10 Å². The zero-order valence-corrected chi connectivity index (χ0v) is 11.6. The number of hydrogen-bond donors (Lipinski definition) is 2. The molecule has 104 valence electrons. The Hall–Kier alpha value is -2.16. The fourth-order valence-corrected chi connectivity index (χ4v) is 2.87. The lowest BCUT2D eigenvalue weighted by Gasteiger charge is -2.09. The van der Waals surface area contributed by atoms with E-state index in [2.05, 4.69) is 25.7 Å². The summed E-state index contributed by atoms with van der Waals surface area (Å²) in [6.45, 7) is 1.88. The first-order chi connectivity index (χ1) is 9.70. The highest BCUT2D eigenvalue weighted by molar-refractivity contribution is 7.99. The van der Waals surface area contributed by atoms with Crippen LogP contribution in [-0.4, -0.2) is 36.2 Å². The van der Waals surface area contributed by atoms with E-state index in [4.69, 9.17) is 10.9 Å². The molecule has 1 aliphatic carbocycles. The van der Waals surface area contributed by atoms with E-state index in [9.17, 15) is 0 Å². The molecule has 0 bridgehead atoms. The first-order valence-corrected chi connectivity index (χ1v) is 6.91. The minimum Gasteiger partial charge on any atom is -0.409 e. The predicted molar refractivity (Wildman–Crippen MR) is 71.7 cm³/mol. The van der Waals surface area contributed by atoms with Crippen LogP contribution in [0.25, 0.3) is 0 Å². The van der Waals surface area contributed by atoms with Crippen molar-refractivity contribution in [2.75, 3.05) is 0 Å². The van der Waals surface area contributed by atoms with Crippen molar-refractivity contribution in [2.45, 2.75) is 36.0 Å². The van der Waals surface area contributed by atoms with Gasteiger partial charge in [-0.3, -0.25) is 0 Å². The number of nitrogens with zero attached hydrogens (tertiary/aromatic N) is 6. The number of aromatic nitrogens is 5. The number of nitrogens with two attached hydrogens (primary N) is 1. The molecular weight excluding hydrogens is 278 g/mol. The van der Waals surface area contributed by atoms with Crippen LogP contribution >= 0.6 is 11.8 Å². The lowest BCUT2D eigenvalue weighted by molar-refractivity contribution is 0.318. The number of pyridine rings is 1.